The van der Waals surface area contributed by atoms with Gasteiger partial charge in [-0.1, -0.05) is 49.2 Å². The summed E-state index contributed by atoms with van der Waals surface area (Å²) >= 11 is 0. The summed E-state index contributed by atoms with van der Waals surface area (Å²) in [6.45, 7) is 0. The summed E-state index contributed by atoms with van der Waals surface area (Å²) in [5.74, 6) is -0.491. The van der Waals surface area contributed by atoms with Crippen molar-refractivity contribution in [3.63, 3.8) is 0 Å². The number of para-hydroxylation sites is 1. The third-order valence-corrected chi connectivity index (χ3v) is 6.25. The summed E-state index contributed by atoms with van der Waals surface area (Å²) < 4.78 is 0. The lowest BCUT2D eigenvalue weighted by Gasteiger charge is -2.33. The fourth-order valence-corrected chi connectivity index (χ4v) is 4.50. The van der Waals surface area contributed by atoms with Crippen molar-refractivity contribution < 1.29 is 9.90 Å². The third-order valence-electron chi connectivity index (χ3n) is 6.25. The standard InChI is InChI=1S/C25H29N5O4/c1-30(2)25(34)17-12-8-14-19(22(17)31)27-21-20(23(32)28-29-24(21)33)26-18-13-7-6-11-16(18)15-9-4-3-5-10-15/h3-5,8-10,12,14,16,18,31H,6-7,11,13H2,1-2H3,(H2,26,29,33)(H2,27,28,32)/t16-,18+/m0/s1. The van der Waals surface area contributed by atoms with Crippen LogP contribution in [0.1, 0.15) is 47.5 Å². The van der Waals surface area contributed by atoms with Crippen LogP contribution in [0.4, 0.5) is 17.1 Å². The Hall–Kier alpha value is -4.01. The zero-order valence-corrected chi connectivity index (χ0v) is 19.2. The summed E-state index contributed by atoms with van der Waals surface area (Å²) in [5.41, 5.74) is 0.448. The molecule has 1 fully saturated rings. The highest BCUT2D eigenvalue weighted by Crippen LogP contribution is 2.36. The minimum atomic E-state index is -0.557. The van der Waals surface area contributed by atoms with Crippen molar-refractivity contribution >= 4 is 23.0 Å². The second-order valence-corrected chi connectivity index (χ2v) is 8.74. The normalized spacial score (nSPS) is 17.7. The number of rotatable bonds is 6. The van der Waals surface area contributed by atoms with E-state index in [0.29, 0.717) is 0 Å². The molecule has 0 bridgehead atoms. The molecule has 1 aliphatic carbocycles. The van der Waals surface area contributed by atoms with E-state index in [2.05, 4.69) is 33.0 Å². The first-order chi connectivity index (χ1) is 16.4. The average molecular weight is 464 g/mol. The quantitative estimate of drug-likeness (QED) is 0.357. The number of amides is 1. The molecule has 178 valence electrons. The molecule has 9 heteroatoms. The number of carbonyl (C=O) groups is 1. The van der Waals surface area contributed by atoms with Crippen LogP contribution in [-0.2, 0) is 0 Å². The predicted molar refractivity (Wildman–Crippen MR) is 132 cm³/mol. The van der Waals surface area contributed by atoms with Gasteiger partial charge in [-0.15, -0.1) is 0 Å². The maximum atomic E-state index is 12.8. The fourth-order valence-electron chi connectivity index (χ4n) is 4.50. The van der Waals surface area contributed by atoms with Gasteiger partial charge < -0.3 is 20.6 Å². The highest BCUT2D eigenvalue weighted by atomic mass is 16.3. The van der Waals surface area contributed by atoms with Gasteiger partial charge in [0.1, 0.15) is 11.4 Å². The second-order valence-electron chi connectivity index (χ2n) is 8.74. The molecule has 0 spiro atoms. The predicted octanol–water partition coefficient (Wildman–Crippen LogP) is 3.35. The first-order valence-electron chi connectivity index (χ1n) is 11.3. The molecule has 0 radical (unpaired) electrons. The van der Waals surface area contributed by atoms with Gasteiger partial charge in [0.05, 0.1) is 11.3 Å². The van der Waals surface area contributed by atoms with E-state index in [-0.39, 0.29) is 46.2 Å². The zero-order valence-electron chi connectivity index (χ0n) is 19.2. The van der Waals surface area contributed by atoms with Gasteiger partial charge in [0.2, 0.25) is 0 Å². The molecule has 1 saturated carbocycles. The van der Waals surface area contributed by atoms with Gasteiger partial charge in [0.25, 0.3) is 17.0 Å². The molecule has 1 aromatic heterocycles. The summed E-state index contributed by atoms with van der Waals surface area (Å²) in [4.78, 5) is 39.3. The molecule has 2 aromatic carbocycles. The van der Waals surface area contributed by atoms with Crippen LogP contribution in [0.15, 0.2) is 58.1 Å². The Kier molecular flexibility index (Phi) is 6.72. The summed E-state index contributed by atoms with van der Waals surface area (Å²) in [6, 6.07) is 14.7. The van der Waals surface area contributed by atoms with Gasteiger partial charge in [0.15, 0.2) is 5.75 Å². The minimum Gasteiger partial charge on any atom is -0.505 e. The van der Waals surface area contributed by atoms with E-state index in [1.165, 1.54) is 16.5 Å². The molecule has 0 aliphatic heterocycles. The van der Waals surface area contributed by atoms with Gasteiger partial charge in [-0.3, -0.25) is 24.6 Å². The van der Waals surface area contributed by atoms with E-state index < -0.39 is 11.1 Å². The molecule has 5 N–H and O–H groups in total. The van der Waals surface area contributed by atoms with Gasteiger partial charge in [-0.2, -0.15) is 0 Å². The Morgan fingerprint density at radius 1 is 0.941 bits per heavy atom. The van der Waals surface area contributed by atoms with Crippen LogP contribution in [0.2, 0.25) is 0 Å². The molecule has 9 nitrogen and oxygen atoms in total. The van der Waals surface area contributed by atoms with Crippen molar-refractivity contribution in [3.8, 4) is 5.75 Å². The Morgan fingerprint density at radius 2 is 1.62 bits per heavy atom. The number of nitrogens with one attached hydrogen (secondary N) is 4. The Bertz CT molecular complexity index is 1280. The average Bonchev–Trinajstić information content (AvgIpc) is 2.85. The number of phenols is 1. The second kappa shape index (κ2) is 9.86. The maximum absolute atomic E-state index is 12.8. The maximum Gasteiger partial charge on any atom is 0.288 e. The lowest BCUT2D eigenvalue weighted by atomic mass is 9.80. The summed E-state index contributed by atoms with van der Waals surface area (Å²) in [6.07, 6.45) is 3.93. The van der Waals surface area contributed by atoms with Crippen LogP contribution in [0.25, 0.3) is 0 Å². The number of carbonyl (C=O) groups excluding carboxylic acids is 1. The van der Waals surface area contributed by atoms with E-state index in [1.54, 1.807) is 26.2 Å². The number of H-pyrrole nitrogens is 2. The Labute approximate surface area is 196 Å². The van der Waals surface area contributed by atoms with Crippen LogP contribution in [-0.4, -0.2) is 46.2 Å². The van der Waals surface area contributed by atoms with Gasteiger partial charge >= 0.3 is 0 Å². The molecule has 2 atom stereocenters. The monoisotopic (exact) mass is 463 g/mol. The molecule has 1 heterocycles. The first-order valence-corrected chi connectivity index (χ1v) is 11.3. The highest BCUT2D eigenvalue weighted by Gasteiger charge is 2.28. The van der Waals surface area contributed by atoms with E-state index in [4.69, 9.17) is 0 Å². The van der Waals surface area contributed by atoms with Crippen molar-refractivity contribution in [2.24, 2.45) is 0 Å². The lowest BCUT2D eigenvalue weighted by Crippen LogP contribution is -2.35. The van der Waals surface area contributed by atoms with Crippen LogP contribution >= 0.6 is 0 Å². The van der Waals surface area contributed by atoms with Gasteiger partial charge in [-0.25, -0.2) is 0 Å². The van der Waals surface area contributed by atoms with E-state index in [1.807, 2.05) is 18.2 Å². The van der Waals surface area contributed by atoms with Crippen molar-refractivity contribution in [1.82, 2.24) is 15.1 Å². The van der Waals surface area contributed by atoms with E-state index in [0.717, 1.165) is 25.7 Å². The summed E-state index contributed by atoms with van der Waals surface area (Å²) in [5, 5.41) is 21.6. The number of aromatic hydroxyl groups is 1. The molecule has 4 rings (SSSR count). The number of hydrogen-bond donors (Lipinski definition) is 5. The number of phenolic OH excluding ortho intramolecular Hbond substituents is 1. The van der Waals surface area contributed by atoms with Gasteiger partial charge in [0, 0.05) is 26.1 Å². The number of benzene rings is 2. The Morgan fingerprint density at radius 3 is 2.32 bits per heavy atom. The van der Waals surface area contributed by atoms with Crippen molar-refractivity contribution in [1.29, 1.82) is 0 Å². The fraction of sp³-hybridized carbons (Fsp3) is 0.320. The van der Waals surface area contributed by atoms with Crippen molar-refractivity contribution in [3.05, 3.63) is 80.4 Å². The largest absolute Gasteiger partial charge is 0.505 e. The number of hydrogen-bond acceptors (Lipinski definition) is 6. The Balaban J connectivity index is 1.70. The molecule has 0 saturated heterocycles. The zero-order chi connectivity index (χ0) is 24.2. The van der Waals surface area contributed by atoms with E-state index >= 15 is 0 Å². The lowest BCUT2D eigenvalue weighted by molar-refractivity contribution is 0.0824. The van der Waals surface area contributed by atoms with Crippen LogP contribution in [0.3, 0.4) is 0 Å². The van der Waals surface area contributed by atoms with Crippen molar-refractivity contribution in [2.45, 2.75) is 37.6 Å². The highest BCUT2D eigenvalue weighted by molar-refractivity contribution is 5.98. The SMILES string of the molecule is CN(C)C(=O)c1cccc(Nc2c(N[C@@H]3CCCC[C@H]3c3ccccc3)c(=O)[nH][nH]c2=O)c1O. The topological polar surface area (TPSA) is 130 Å². The number of aromatic nitrogens is 2. The first kappa shape index (κ1) is 23.2. The van der Waals surface area contributed by atoms with Crippen LogP contribution < -0.4 is 21.8 Å². The minimum absolute atomic E-state index is 0.0223. The third kappa shape index (κ3) is 4.68. The number of aromatic amines is 2. The molecule has 0 unspecified atom stereocenters. The summed E-state index contributed by atoms with van der Waals surface area (Å²) in [7, 11) is 3.16. The van der Waals surface area contributed by atoms with Crippen molar-refractivity contribution in [2.75, 3.05) is 24.7 Å². The van der Waals surface area contributed by atoms with Crippen LogP contribution in [0.5, 0.6) is 5.75 Å². The van der Waals surface area contributed by atoms with Crippen LogP contribution in [0, 0.1) is 0 Å². The molecular formula is C25H29N5O4. The molecule has 3 aromatic rings. The van der Waals surface area contributed by atoms with Gasteiger partial charge in [-0.05, 0) is 30.5 Å². The van der Waals surface area contributed by atoms with E-state index in [9.17, 15) is 19.5 Å². The smallest absolute Gasteiger partial charge is 0.288 e. The number of anilines is 3. The molecular weight excluding hydrogens is 434 g/mol. The molecule has 34 heavy (non-hydrogen) atoms. The molecule has 1 aliphatic rings. The molecule has 1 amide bonds. The number of nitrogens with zero attached hydrogens (tertiary/aromatic N) is 1.